The van der Waals surface area contributed by atoms with E-state index in [4.69, 9.17) is 9.47 Å². The number of fused-ring (bicyclic) bond motifs is 1. The summed E-state index contributed by atoms with van der Waals surface area (Å²) in [5, 5.41) is 9.16. The Kier molecular flexibility index (Phi) is 10.7. The fourth-order valence-electron chi connectivity index (χ4n) is 3.41. The summed E-state index contributed by atoms with van der Waals surface area (Å²) in [5.41, 5.74) is 3.24. The molecule has 1 amide bonds. The molecule has 0 aromatic heterocycles. The van der Waals surface area contributed by atoms with E-state index >= 15 is 0 Å². The number of nitrogens with zero attached hydrogens (tertiary/aromatic N) is 1. The van der Waals surface area contributed by atoms with Gasteiger partial charge in [-0.2, -0.15) is 0 Å². The lowest BCUT2D eigenvalue weighted by molar-refractivity contribution is -0.0172. The molecule has 3 N–H and O–H groups in total. The van der Waals surface area contributed by atoms with Gasteiger partial charge >= 0.3 is 0 Å². The molecular formula is C23H30FIN4O3. The Hall–Kier alpha value is -2.40. The lowest BCUT2D eigenvalue weighted by atomic mass is 10.1. The number of rotatable bonds is 8. The molecule has 0 fully saturated rings. The van der Waals surface area contributed by atoms with Crippen LogP contribution in [0.15, 0.2) is 41.4 Å². The molecule has 0 unspecified atom stereocenters. The number of halogens is 2. The lowest BCUT2D eigenvalue weighted by Crippen LogP contribution is -2.38. The molecule has 7 nitrogen and oxygen atoms in total. The average molecular weight is 556 g/mol. The van der Waals surface area contributed by atoms with Crippen LogP contribution in [0.3, 0.4) is 0 Å². The summed E-state index contributed by atoms with van der Waals surface area (Å²) in [4.78, 5) is 16.4. The van der Waals surface area contributed by atoms with E-state index in [-0.39, 0.29) is 42.5 Å². The molecule has 0 aliphatic carbocycles. The maximum absolute atomic E-state index is 13.9. The first-order valence-corrected chi connectivity index (χ1v) is 10.5. The zero-order valence-corrected chi connectivity index (χ0v) is 20.7. The van der Waals surface area contributed by atoms with Gasteiger partial charge in [-0.3, -0.25) is 9.79 Å². The van der Waals surface area contributed by atoms with Crippen LogP contribution >= 0.6 is 24.0 Å². The first-order chi connectivity index (χ1) is 15.1. The van der Waals surface area contributed by atoms with E-state index in [0.717, 1.165) is 29.7 Å². The normalized spacial score (nSPS) is 12.8. The van der Waals surface area contributed by atoms with Crippen LogP contribution in [-0.4, -0.2) is 45.3 Å². The van der Waals surface area contributed by atoms with Gasteiger partial charge in [0.15, 0.2) is 12.8 Å². The minimum absolute atomic E-state index is 0. The minimum atomic E-state index is -0.296. The van der Waals surface area contributed by atoms with Crippen LogP contribution in [-0.2, 0) is 24.2 Å². The fraction of sp³-hybridized carbons (Fsp3) is 0.391. The highest BCUT2D eigenvalue weighted by molar-refractivity contribution is 14.0. The van der Waals surface area contributed by atoms with Crippen LogP contribution in [0.5, 0.6) is 5.75 Å². The molecule has 0 bridgehead atoms. The van der Waals surface area contributed by atoms with Crippen molar-refractivity contribution in [2.45, 2.75) is 26.4 Å². The summed E-state index contributed by atoms with van der Waals surface area (Å²) in [5.74, 6) is 1.01. The Labute approximate surface area is 205 Å². The van der Waals surface area contributed by atoms with E-state index in [9.17, 15) is 9.18 Å². The number of hydrogen-bond donors (Lipinski definition) is 3. The predicted octanol–water partition coefficient (Wildman–Crippen LogP) is 3.01. The number of guanidine groups is 1. The highest BCUT2D eigenvalue weighted by atomic mass is 127. The van der Waals surface area contributed by atoms with Crippen LogP contribution in [0.2, 0.25) is 0 Å². The number of nitrogens with one attached hydrogen (secondary N) is 3. The smallest absolute Gasteiger partial charge is 0.251 e. The molecule has 1 aliphatic rings. The number of aliphatic imine (C=N–C) groups is 1. The first-order valence-electron chi connectivity index (χ1n) is 10.5. The third-order valence-electron chi connectivity index (χ3n) is 4.87. The topological polar surface area (TPSA) is 84.0 Å². The van der Waals surface area contributed by atoms with Crippen molar-refractivity contribution in [2.75, 3.05) is 33.5 Å². The van der Waals surface area contributed by atoms with Gasteiger partial charge in [0.1, 0.15) is 11.6 Å². The molecule has 2 aromatic rings. The molecule has 174 valence electrons. The van der Waals surface area contributed by atoms with Gasteiger partial charge in [0.05, 0.1) is 6.61 Å². The second-order valence-corrected chi connectivity index (χ2v) is 7.13. The monoisotopic (exact) mass is 556 g/mol. The number of carbonyl (C=O) groups excluding carboxylic acids is 1. The Morgan fingerprint density at radius 1 is 1.19 bits per heavy atom. The van der Waals surface area contributed by atoms with E-state index < -0.39 is 0 Å². The Bertz CT molecular complexity index is 939. The summed E-state index contributed by atoms with van der Waals surface area (Å²) in [6.45, 7) is 4.42. The number of amides is 1. The highest BCUT2D eigenvalue weighted by Gasteiger charge is 2.16. The molecular weight excluding hydrogens is 526 g/mol. The molecule has 1 aliphatic heterocycles. The molecule has 9 heteroatoms. The third-order valence-corrected chi connectivity index (χ3v) is 4.87. The predicted molar refractivity (Wildman–Crippen MR) is 133 cm³/mol. The molecule has 0 saturated carbocycles. The van der Waals surface area contributed by atoms with Crippen molar-refractivity contribution in [3.63, 3.8) is 0 Å². The van der Waals surface area contributed by atoms with Crippen molar-refractivity contribution in [2.24, 2.45) is 4.99 Å². The van der Waals surface area contributed by atoms with Gasteiger partial charge in [-0.05, 0) is 55.2 Å². The summed E-state index contributed by atoms with van der Waals surface area (Å²) in [7, 11) is 1.62. The summed E-state index contributed by atoms with van der Waals surface area (Å²) in [6.07, 6.45) is 1.31. The van der Waals surface area contributed by atoms with E-state index in [1.807, 2.05) is 25.1 Å². The second-order valence-electron chi connectivity index (χ2n) is 7.13. The SMILES string of the molecule is CCNC(=NCCc1cc(F)cc2c1OCOC2)NCCc1cccc(C(=O)NC)c1.I. The van der Waals surface area contributed by atoms with E-state index in [0.29, 0.717) is 43.4 Å². The van der Waals surface area contributed by atoms with Gasteiger partial charge in [0.25, 0.3) is 5.91 Å². The molecule has 0 saturated heterocycles. The molecule has 0 atom stereocenters. The average Bonchev–Trinajstić information content (AvgIpc) is 2.78. The van der Waals surface area contributed by atoms with E-state index in [2.05, 4.69) is 20.9 Å². The molecule has 32 heavy (non-hydrogen) atoms. The third kappa shape index (κ3) is 7.33. The van der Waals surface area contributed by atoms with Crippen LogP contribution in [0.25, 0.3) is 0 Å². The van der Waals surface area contributed by atoms with Gasteiger partial charge in [-0.15, -0.1) is 24.0 Å². The van der Waals surface area contributed by atoms with Crippen LogP contribution < -0.4 is 20.7 Å². The van der Waals surface area contributed by atoms with Gasteiger partial charge in [0.2, 0.25) is 0 Å². The minimum Gasteiger partial charge on any atom is -0.467 e. The fourth-order valence-corrected chi connectivity index (χ4v) is 3.41. The summed E-state index contributed by atoms with van der Waals surface area (Å²) >= 11 is 0. The Morgan fingerprint density at radius 2 is 2.03 bits per heavy atom. The van der Waals surface area contributed by atoms with Crippen molar-refractivity contribution >= 4 is 35.8 Å². The van der Waals surface area contributed by atoms with E-state index in [1.165, 1.54) is 12.1 Å². The van der Waals surface area contributed by atoms with Gasteiger partial charge in [0, 0.05) is 37.8 Å². The number of carbonyl (C=O) groups is 1. The van der Waals surface area contributed by atoms with Crippen molar-refractivity contribution in [1.29, 1.82) is 0 Å². The zero-order chi connectivity index (χ0) is 22.1. The van der Waals surface area contributed by atoms with Crippen LogP contribution in [0.1, 0.15) is 34.0 Å². The maximum Gasteiger partial charge on any atom is 0.251 e. The molecule has 1 heterocycles. The Morgan fingerprint density at radius 3 is 2.81 bits per heavy atom. The lowest BCUT2D eigenvalue weighted by Gasteiger charge is -2.20. The van der Waals surface area contributed by atoms with Crippen molar-refractivity contribution in [3.8, 4) is 5.75 Å². The molecule has 2 aromatic carbocycles. The quantitative estimate of drug-likeness (QED) is 0.265. The maximum atomic E-state index is 13.9. The Balaban J connectivity index is 0.00000363. The number of hydrogen-bond acceptors (Lipinski definition) is 4. The first kappa shape index (κ1) is 25.9. The van der Waals surface area contributed by atoms with Gasteiger partial charge in [-0.25, -0.2) is 4.39 Å². The summed E-state index contributed by atoms with van der Waals surface area (Å²) < 4.78 is 24.7. The standard InChI is InChI=1S/C23H29FN4O3.HI/c1-3-26-23(27-9-7-16-5-4-6-18(11-16)22(29)25-2)28-10-8-17-12-20(24)13-19-14-30-15-31-21(17)19;/h4-6,11-13H,3,7-10,14-15H2,1-2H3,(H,25,29)(H2,26,27,28);1H. The molecule has 0 radical (unpaired) electrons. The van der Waals surface area contributed by atoms with Gasteiger partial charge in [-0.1, -0.05) is 12.1 Å². The summed E-state index contributed by atoms with van der Waals surface area (Å²) in [6, 6.07) is 10.5. The number of ether oxygens (including phenoxy) is 2. The van der Waals surface area contributed by atoms with E-state index in [1.54, 1.807) is 13.1 Å². The van der Waals surface area contributed by atoms with Crippen LogP contribution in [0, 0.1) is 5.82 Å². The van der Waals surface area contributed by atoms with Crippen molar-refractivity contribution < 1.29 is 18.7 Å². The largest absolute Gasteiger partial charge is 0.467 e. The number of benzene rings is 2. The van der Waals surface area contributed by atoms with Gasteiger partial charge < -0.3 is 25.4 Å². The molecule has 3 rings (SSSR count). The second kappa shape index (κ2) is 13.2. The molecule has 0 spiro atoms. The zero-order valence-electron chi connectivity index (χ0n) is 18.4. The highest BCUT2D eigenvalue weighted by Crippen LogP contribution is 2.29. The van der Waals surface area contributed by atoms with Crippen molar-refractivity contribution in [3.05, 3.63) is 64.5 Å². The van der Waals surface area contributed by atoms with Crippen LogP contribution in [0.4, 0.5) is 4.39 Å². The van der Waals surface area contributed by atoms with Crippen molar-refractivity contribution in [1.82, 2.24) is 16.0 Å².